The summed E-state index contributed by atoms with van der Waals surface area (Å²) < 4.78 is 41.7. The van der Waals surface area contributed by atoms with E-state index in [0.29, 0.717) is 42.3 Å². The molecule has 4 aliphatic carbocycles. The molecule has 1 aromatic heterocycles. The number of nitrogens with zero attached hydrogens (tertiary/aromatic N) is 2. The van der Waals surface area contributed by atoms with Crippen molar-refractivity contribution in [2.75, 3.05) is 0 Å². The Balaban J connectivity index is 1.31. The van der Waals surface area contributed by atoms with Gasteiger partial charge in [0.2, 0.25) is 0 Å². The van der Waals surface area contributed by atoms with E-state index in [-0.39, 0.29) is 23.3 Å². The number of hydrogen-bond acceptors (Lipinski definition) is 2. The molecule has 5 rings (SSSR count). The normalized spacial score (nSPS) is 43.6. The zero-order valence-corrected chi connectivity index (χ0v) is 18.7. The molecule has 0 saturated heterocycles. The summed E-state index contributed by atoms with van der Waals surface area (Å²) in [4.78, 5) is 13.5. The van der Waals surface area contributed by atoms with E-state index in [1.807, 2.05) is 19.2 Å². The van der Waals surface area contributed by atoms with Gasteiger partial charge in [-0.1, -0.05) is 6.92 Å². The molecular weight excluding hydrogens is 401 g/mol. The summed E-state index contributed by atoms with van der Waals surface area (Å²) in [7, 11) is 0. The van der Waals surface area contributed by atoms with Crippen molar-refractivity contribution in [3.05, 3.63) is 18.5 Å². The molecule has 0 radical (unpaired) electrons. The molecule has 0 bridgehead atoms. The van der Waals surface area contributed by atoms with Crippen LogP contribution in [0, 0.1) is 46.8 Å². The van der Waals surface area contributed by atoms with Crippen molar-refractivity contribution in [3.8, 4) is 0 Å². The van der Waals surface area contributed by atoms with E-state index in [2.05, 4.69) is 12.0 Å². The van der Waals surface area contributed by atoms with Gasteiger partial charge in [-0.15, -0.1) is 0 Å². The molecule has 4 fully saturated rings. The monoisotopic (exact) mass is 436 g/mol. The van der Waals surface area contributed by atoms with Crippen molar-refractivity contribution in [1.82, 2.24) is 9.78 Å². The minimum Gasteiger partial charge on any atom is -0.297 e. The summed E-state index contributed by atoms with van der Waals surface area (Å²) in [5.41, 5.74) is 0.0374. The van der Waals surface area contributed by atoms with Crippen molar-refractivity contribution in [2.24, 2.45) is 46.8 Å². The van der Waals surface area contributed by atoms with Gasteiger partial charge in [-0.3, -0.25) is 9.48 Å². The smallest absolute Gasteiger partial charge is 0.297 e. The van der Waals surface area contributed by atoms with Crippen LogP contribution in [0.25, 0.3) is 0 Å². The summed E-state index contributed by atoms with van der Waals surface area (Å²) in [5, 5.41) is 4.29. The Bertz CT molecular complexity index is 806. The SMILES string of the molecule is CC(C(=O)C1CCC2C3CCC4CC(C(F)(F)F)CCC4[C@H]3CCC12C)n1cccn1. The van der Waals surface area contributed by atoms with Crippen LogP contribution in [0.1, 0.15) is 77.7 Å². The number of Topliss-reactive ketones (excluding diaryl/α,β-unsaturated/α-hetero) is 1. The van der Waals surface area contributed by atoms with E-state index in [1.165, 1.54) is 0 Å². The average molecular weight is 437 g/mol. The highest BCUT2D eigenvalue weighted by atomic mass is 19.4. The van der Waals surface area contributed by atoms with Gasteiger partial charge >= 0.3 is 6.18 Å². The lowest BCUT2D eigenvalue weighted by atomic mass is 9.49. The van der Waals surface area contributed by atoms with Gasteiger partial charge in [0.1, 0.15) is 6.04 Å². The van der Waals surface area contributed by atoms with Crippen LogP contribution in [-0.4, -0.2) is 21.7 Å². The van der Waals surface area contributed by atoms with Crippen LogP contribution in [0.2, 0.25) is 0 Å². The topological polar surface area (TPSA) is 34.9 Å². The van der Waals surface area contributed by atoms with Crippen LogP contribution in [0.3, 0.4) is 0 Å². The van der Waals surface area contributed by atoms with Crippen LogP contribution in [0.15, 0.2) is 18.5 Å². The first kappa shape index (κ1) is 21.5. The Morgan fingerprint density at radius 3 is 2.55 bits per heavy atom. The average Bonchev–Trinajstić information content (AvgIpc) is 3.39. The number of hydrogen-bond donors (Lipinski definition) is 0. The van der Waals surface area contributed by atoms with E-state index >= 15 is 0 Å². The quantitative estimate of drug-likeness (QED) is 0.545. The second kappa shape index (κ2) is 7.62. The molecule has 3 nitrogen and oxygen atoms in total. The summed E-state index contributed by atoms with van der Waals surface area (Å²) in [6.07, 6.45) is 7.19. The number of ketones is 1. The minimum atomic E-state index is -4.03. The summed E-state index contributed by atoms with van der Waals surface area (Å²) in [5.74, 6) is 1.75. The number of halogens is 3. The van der Waals surface area contributed by atoms with Crippen LogP contribution in [-0.2, 0) is 4.79 Å². The molecule has 8 unspecified atom stereocenters. The molecule has 1 aromatic rings. The van der Waals surface area contributed by atoms with Gasteiger partial charge in [0.25, 0.3) is 0 Å². The van der Waals surface area contributed by atoms with E-state index < -0.39 is 12.1 Å². The first-order valence-electron chi connectivity index (χ1n) is 12.3. The fraction of sp³-hybridized carbons (Fsp3) is 0.840. The predicted octanol–water partition coefficient (Wildman–Crippen LogP) is 6.46. The summed E-state index contributed by atoms with van der Waals surface area (Å²) >= 11 is 0. The van der Waals surface area contributed by atoms with Crippen molar-refractivity contribution in [3.63, 3.8) is 0 Å². The first-order valence-corrected chi connectivity index (χ1v) is 12.3. The number of carbonyl (C=O) groups excluding carboxylic acids is 1. The van der Waals surface area contributed by atoms with Crippen molar-refractivity contribution in [2.45, 2.75) is 83.9 Å². The zero-order chi connectivity index (χ0) is 22.0. The number of alkyl halides is 3. The highest BCUT2D eigenvalue weighted by molar-refractivity contribution is 5.85. The highest BCUT2D eigenvalue weighted by Crippen LogP contribution is 2.65. The van der Waals surface area contributed by atoms with Crippen LogP contribution in [0.4, 0.5) is 13.2 Å². The van der Waals surface area contributed by atoms with Crippen LogP contribution >= 0.6 is 0 Å². The molecule has 0 aliphatic heterocycles. The summed E-state index contributed by atoms with van der Waals surface area (Å²) in [6, 6.07) is 1.63. The largest absolute Gasteiger partial charge is 0.391 e. The standard InChI is InChI=1S/C25H35F3N2O/c1-15(30-13-3-12-29-30)23(31)22-9-8-21-20-6-4-16-14-17(25(26,27)28)5-7-18(16)19(20)10-11-24(21,22)2/h3,12-13,15-22H,4-11,14H2,1-2H3/t15?,16?,17?,18?,19-,20?,21?,22?,24?/m1/s1. The molecule has 172 valence electrons. The summed E-state index contributed by atoms with van der Waals surface area (Å²) in [6.45, 7) is 4.30. The van der Waals surface area contributed by atoms with Gasteiger partial charge < -0.3 is 0 Å². The fourth-order valence-electron chi connectivity index (χ4n) is 8.55. The molecule has 1 heterocycles. The maximum atomic E-state index is 13.5. The van der Waals surface area contributed by atoms with E-state index in [0.717, 1.165) is 44.9 Å². The second-order valence-electron chi connectivity index (χ2n) is 11.2. The lowest BCUT2D eigenvalue weighted by Gasteiger charge is -2.56. The molecule has 0 spiro atoms. The second-order valence-corrected chi connectivity index (χ2v) is 11.2. The third-order valence-corrected chi connectivity index (χ3v) is 10.1. The van der Waals surface area contributed by atoms with Crippen molar-refractivity contribution in [1.29, 1.82) is 0 Å². The first-order chi connectivity index (χ1) is 14.7. The highest BCUT2D eigenvalue weighted by Gasteiger charge is 2.59. The van der Waals surface area contributed by atoms with Crippen LogP contribution < -0.4 is 0 Å². The Morgan fingerprint density at radius 1 is 1.06 bits per heavy atom. The van der Waals surface area contributed by atoms with E-state index in [9.17, 15) is 18.0 Å². The van der Waals surface area contributed by atoms with E-state index in [1.54, 1.807) is 10.9 Å². The molecule has 6 heteroatoms. The Morgan fingerprint density at radius 2 is 1.84 bits per heavy atom. The predicted molar refractivity (Wildman–Crippen MR) is 112 cm³/mol. The van der Waals surface area contributed by atoms with Crippen LogP contribution in [0.5, 0.6) is 0 Å². The third kappa shape index (κ3) is 3.47. The molecule has 9 atom stereocenters. The van der Waals surface area contributed by atoms with Gasteiger partial charge in [0, 0.05) is 18.3 Å². The maximum Gasteiger partial charge on any atom is 0.391 e. The molecule has 31 heavy (non-hydrogen) atoms. The number of rotatable bonds is 3. The van der Waals surface area contributed by atoms with Gasteiger partial charge in [0.15, 0.2) is 5.78 Å². The molecule has 4 saturated carbocycles. The third-order valence-electron chi connectivity index (χ3n) is 10.1. The van der Waals surface area contributed by atoms with Gasteiger partial charge in [-0.05, 0) is 106 Å². The number of aromatic nitrogens is 2. The molecule has 0 aromatic carbocycles. The van der Waals surface area contributed by atoms with Gasteiger partial charge in [0.05, 0.1) is 5.92 Å². The zero-order valence-electron chi connectivity index (χ0n) is 18.7. The lowest BCUT2D eigenvalue weighted by Crippen LogP contribution is -2.50. The molecular formula is C25H35F3N2O. The maximum absolute atomic E-state index is 13.5. The minimum absolute atomic E-state index is 0.0374. The van der Waals surface area contributed by atoms with E-state index in [4.69, 9.17) is 0 Å². The Kier molecular flexibility index (Phi) is 5.29. The Labute approximate surface area is 183 Å². The lowest BCUT2D eigenvalue weighted by molar-refractivity contribution is -0.196. The Hall–Kier alpha value is -1.33. The van der Waals surface area contributed by atoms with Crippen molar-refractivity contribution >= 4 is 5.78 Å². The van der Waals surface area contributed by atoms with Gasteiger partial charge in [-0.2, -0.15) is 18.3 Å². The number of fused-ring (bicyclic) bond motifs is 5. The fourth-order valence-corrected chi connectivity index (χ4v) is 8.55. The van der Waals surface area contributed by atoms with Gasteiger partial charge in [-0.25, -0.2) is 0 Å². The molecule has 0 amide bonds. The number of carbonyl (C=O) groups is 1. The molecule has 4 aliphatic rings. The van der Waals surface area contributed by atoms with Crippen molar-refractivity contribution < 1.29 is 18.0 Å². The molecule has 0 N–H and O–H groups in total.